The van der Waals surface area contributed by atoms with Gasteiger partial charge in [-0.2, -0.15) is 13.2 Å². The van der Waals surface area contributed by atoms with E-state index in [1.54, 1.807) is 29.6 Å². The van der Waals surface area contributed by atoms with Gasteiger partial charge in [0.05, 0.1) is 0 Å². The van der Waals surface area contributed by atoms with Crippen LogP contribution in [-0.4, -0.2) is 17.9 Å². The first-order chi connectivity index (χ1) is 11.3. The van der Waals surface area contributed by atoms with Crippen LogP contribution in [0.4, 0.5) is 18.9 Å². The molecule has 0 bridgehead atoms. The van der Waals surface area contributed by atoms with E-state index in [0.29, 0.717) is 16.1 Å². The molecule has 0 spiro atoms. The highest BCUT2D eigenvalue weighted by molar-refractivity contribution is 6.31. The zero-order valence-electron chi connectivity index (χ0n) is 12.1. The third-order valence-electron chi connectivity index (χ3n) is 2.94. The highest BCUT2D eigenvalue weighted by Crippen LogP contribution is 2.19. The van der Waals surface area contributed by atoms with Gasteiger partial charge in [-0.15, -0.1) is 0 Å². The van der Waals surface area contributed by atoms with Crippen LogP contribution in [0.15, 0.2) is 54.6 Å². The van der Waals surface area contributed by atoms with E-state index in [4.69, 9.17) is 11.6 Å². The molecular weight excluding hydrogens is 343 g/mol. The second-order valence-electron chi connectivity index (χ2n) is 4.79. The maximum atomic E-state index is 12.2. The van der Waals surface area contributed by atoms with Gasteiger partial charge >= 0.3 is 12.1 Å². The zero-order valence-corrected chi connectivity index (χ0v) is 12.9. The smallest absolute Gasteiger partial charge is 0.318 e. The molecule has 2 aromatic rings. The summed E-state index contributed by atoms with van der Waals surface area (Å²) in [5, 5.41) is 2.17. The fourth-order valence-corrected chi connectivity index (χ4v) is 2.02. The maximum Gasteiger partial charge on any atom is 0.471 e. The number of amides is 1. The van der Waals surface area contributed by atoms with Crippen molar-refractivity contribution in [3.63, 3.8) is 0 Å². The molecule has 0 radical (unpaired) electrons. The summed E-state index contributed by atoms with van der Waals surface area (Å²) < 4.78 is 36.7. The molecule has 0 saturated heterocycles. The molecule has 3 nitrogen and oxygen atoms in total. The number of nitrogens with one attached hydrogen (secondary N) is 1. The van der Waals surface area contributed by atoms with Gasteiger partial charge in [0, 0.05) is 16.3 Å². The van der Waals surface area contributed by atoms with Gasteiger partial charge in [0.2, 0.25) is 0 Å². The third kappa shape index (κ3) is 4.96. The van der Waals surface area contributed by atoms with Crippen LogP contribution in [0.2, 0.25) is 5.02 Å². The van der Waals surface area contributed by atoms with E-state index >= 15 is 0 Å². The summed E-state index contributed by atoms with van der Waals surface area (Å²) in [5.74, 6) is -2.36. The van der Waals surface area contributed by atoms with E-state index in [9.17, 15) is 22.8 Å². The van der Waals surface area contributed by atoms with Crippen molar-refractivity contribution in [3.8, 4) is 0 Å². The molecule has 7 heteroatoms. The van der Waals surface area contributed by atoms with E-state index in [-0.39, 0.29) is 11.5 Å². The molecule has 0 atom stereocenters. The number of halogens is 4. The van der Waals surface area contributed by atoms with Crippen molar-refractivity contribution in [2.75, 3.05) is 5.32 Å². The lowest BCUT2D eigenvalue weighted by molar-refractivity contribution is -0.167. The van der Waals surface area contributed by atoms with Crippen molar-refractivity contribution in [2.24, 2.45) is 0 Å². The lowest BCUT2D eigenvalue weighted by Crippen LogP contribution is -2.29. The van der Waals surface area contributed by atoms with Gasteiger partial charge in [0.15, 0.2) is 5.78 Å². The third-order valence-corrected chi connectivity index (χ3v) is 3.17. The number of rotatable bonds is 4. The molecule has 2 rings (SSSR count). The van der Waals surface area contributed by atoms with Crippen molar-refractivity contribution >= 4 is 35.1 Å². The number of alkyl halides is 3. The number of ketones is 1. The Balaban J connectivity index is 2.11. The molecule has 0 aliphatic heterocycles. The molecule has 0 saturated carbocycles. The van der Waals surface area contributed by atoms with Crippen molar-refractivity contribution < 1.29 is 22.8 Å². The number of benzene rings is 2. The molecule has 1 amide bonds. The second-order valence-corrected chi connectivity index (χ2v) is 5.22. The zero-order chi connectivity index (χ0) is 17.7. The van der Waals surface area contributed by atoms with Crippen LogP contribution < -0.4 is 5.32 Å². The van der Waals surface area contributed by atoms with Gasteiger partial charge in [-0.1, -0.05) is 41.9 Å². The van der Waals surface area contributed by atoms with Crippen LogP contribution in [0.3, 0.4) is 0 Å². The van der Waals surface area contributed by atoms with Crippen LogP contribution in [0.1, 0.15) is 15.9 Å². The first kappa shape index (κ1) is 17.7. The minimum atomic E-state index is -4.96. The van der Waals surface area contributed by atoms with Crippen LogP contribution >= 0.6 is 11.6 Å². The Hall–Kier alpha value is -2.60. The molecule has 0 unspecified atom stereocenters. The molecule has 0 fully saturated rings. The number of carbonyl (C=O) groups is 2. The lowest BCUT2D eigenvalue weighted by Gasteiger charge is -2.08. The summed E-state index contributed by atoms with van der Waals surface area (Å²) in [5.41, 5.74) is 0.834. The predicted molar refractivity (Wildman–Crippen MR) is 85.9 cm³/mol. The minimum Gasteiger partial charge on any atom is -0.318 e. The Labute approximate surface area is 140 Å². The van der Waals surface area contributed by atoms with Crippen LogP contribution in [-0.2, 0) is 4.79 Å². The molecule has 0 aliphatic rings. The van der Waals surface area contributed by atoms with Crippen LogP contribution in [0.25, 0.3) is 6.08 Å². The van der Waals surface area contributed by atoms with E-state index in [1.807, 2.05) is 0 Å². The minimum absolute atomic E-state index is 0.0188. The monoisotopic (exact) mass is 353 g/mol. The number of allylic oxidation sites excluding steroid dienone is 1. The highest BCUT2D eigenvalue weighted by Gasteiger charge is 2.38. The predicted octanol–water partition coefficient (Wildman–Crippen LogP) is 4.74. The van der Waals surface area contributed by atoms with Crippen molar-refractivity contribution in [1.82, 2.24) is 0 Å². The highest BCUT2D eigenvalue weighted by atomic mass is 35.5. The summed E-state index contributed by atoms with van der Waals surface area (Å²) in [6, 6.07) is 12.1. The Morgan fingerprint density at radius 2 is 1.75 bits per heavy atom. The van der Waals surface area contributed by atoms with Gasteiger partial charge in [0.25, 0.3) is 0 Å². The van der Waals surface area contributed by atoms with Crippen LogP contribution in [0, 0.1) is 0 Å². The number of hydrogen-bond donors (Lipinski definition) is 1. The van der Waals surface area contributed by atoms with Crippen LogP contribution in [0.5, 0.6) is 0 Å². The van der Waals surface area contributed by atoms with Crippen molar-refractivity contribution in [2.45, 2.75) is 6.18 Å². The fourth-order valence-electron chi connectivity index (χ4n) is 1.83. The molecule has 1 N–H and O–H groups in total. The molecule has 0 heterocycles. The Bertz CT molecular complexity index is 800. The SMILES string of the molecule is O=C(/C=C/c1cccc(NC(=O)C(F)(F)F)c1)c1cccc(Cl)c1. The molecule has 0 aliphatic carbocycles. The fraction of sp³-hybridized carbons (Fsp3) is 0.0588. The summed E-state index contributed by atoms with van der Waals surface area (Å²) in [6.07, 6.45) is -2.25. The first-order valence-corrected chi connectivity index (χ1v) is 7.10. The van der Waals surface area contributed by atoms with E-state index in [1.165, 1.54) is 36.4 Å². The number of carbonyl (C=O) groups excluding carboxylic acids is 2. The summed E-state index contributed by atoms with van der Waals surface area (Å²) in [6.45, 7) is 0. The van der Waals surface area contributed by atoms with E-state index in [0.717, 1.165) is 0 Å². The molecule has 24 heavy (non-hydrogen) atoms. The topological polar surface area (TPSA) is 46.2 Å². The summed E-state index contributed by atoms with van der Waals surface area (Å²) >= 11 is 5.80. The molecule has 2 aromatic carbocycles. The van der Waals surface area contributed by atoms with E-state index < -0.39 is 12.1 Å². The molecule has 124 valence electrons. The van der Waals surface area contributed by atoms with Gasteiger partial charge in [-0.25, -0.2) is 0 Å². The number of hydrogen-bond acceptors (Lipinski definition) is 2. The lowest BCUT2D eigenvalue weighted by atomic mass is 10.1. The Kier molecular flexibility index (Phi) is 5.41. The average Bonchev–Trinajstić information content (AvgIpc) is 2.52. The average molecular weight is 354 g/mol. The summed E-state index contributed by atoms with van der Waals surface area (Å²) in [7, 11) is 0. The first-order valence-electron chi connectivity index (χ1n) is 6.72. The van der Waals surface area contributed by atoms with Crippen molar-refractivity contribution in [3.05, 3.63) is 70.8 Å². The van der Waals surface area contributed by atoms with Gasteiger partial charge in [-0.05, 0) is 35.9 Å². The van der Waals surface area contributed by atoms with E-state index in [2.05, 4.69) is 0 Å². The Morgan fingerprint density at radius 3 is 2.42 bits per heavy atom. The normalized spacial score (nSPS) is 11.5. The maximum absolute atomic E-state index is 12.2. The number of anilines is 1. The molecular formula is C17H11ClF3NO2. The van der Waals surface area contributed by atoms with Gasteiger partial charge in [-0.3, -0.25) is 9.59 Å². The quantitative estimate of drug-likeness (QED) is 0.637. The largest absolute Gasteiger partial charge is 0.471 e. The summed E-state index contributed by atoms with van der Waals surface area (Å²) in [4.78, 5) is 22.9. The van der Waals surface area contributed by atoms with Gasteiger partial charge < -0.3 is 5.32 Å². The van der Waals surface area contributed by atoms with Gasteiger partial charge in [0.1, 0.15) is 0 Å². The Morgan fingerprint density at radius 1 is 1.04 bits per heavy atom. The second kappa shape index (κ2) is 7.31. The standard InChI is InChI=1S/C17H11ClF3NO2/c18-13-5-2-4-12(10-13)15(23)8-7-11-3-1-6-14(9-11)22-16(24)17(19,20)21/h1-10H,(H,22,24)/b8-7+. The van der Waals surface area contributed by atoms with Crippen molar-refractivity contribution in [1.29, 1.82) is 0 Å². The molecule has 0 aromatic heterocycles.